The molecule has 0 aromatic heterocycles. The Morgan fingerprint density at radius 3 is 2.46 bits per heavy atom. The Hall–Kier alpha value is -4.06. The molecule has 194 valence electrons. The Kier molecular flexibility index (Phi) is 6.63. The summed E-state index contributed by atoms with van der Waals surface area (Å²) in [6, 6.07) is 11.6. The van der Waals surface area contributed by atoms with Crippen LogP contribution >= 0.6 is 0 Å². The van der Waals surface area contributed by atoms with E-state index in [9.17, 15) is 36.3 Å². The molecule has 0 unspecified atom stereocenters. The summed E-state index contributed by atoms with van der Waals surface area (Å²) in [5, 5.41) is 10.0. The van der Waals surface area contributed by atoms with Crippen LogP contribution in [0.15, 0.2) is 54.6 Å². The summed E-state index contributed by atoms with van der Waals surface area (Å²) in [7, 11) is -3.67. The molecular formula is C25H22F3N3O5S. The molecule has 4 N–H and O–H groups in total. The fraction of sp³-hybridized carbons (Fsp3) is 0.200. The zero-order valence-electron chi connectivity index (χ0n) is 19.5. The Labute approximate surface area is 210 Å². The van der Waals surface area contributed by atoms with Gasteiger partial charge in [-0.25, -0.2) is 8.42 Å². The fourth-order valence-corrected chi connectivity index (χ4v) is 4.67. The quantitative estimate of drug-likeness (QED) is 0.410. The molecular weight excluding hydrogens is 511 g/mol. The monoisotopic (exact) mass is 533 g/mol. The van der Waals surface area contributed by atoms with Gasteiger partial charge < -0.3 is 15.7 Å². The van der Waals surface area contributed by atoms with Crippen molar-refractivity contribution in [2.75, 3.05) is 21.9 Å². The van der Waals surface area contributed by atoms with Gasteiger partial charge in [-0.05, 0) is 72.5 Å². The third kappa shape index (κ3) is 5.38. The first kappa shape index (κ1) is 26.0. The van der Waals surface area contributed by atoms with Crippen LogP contribution in [0.4, 0.5) is 24.5 Å². The number of nitrogens with zero attached hydrogens (tertiary/aromatic N) is 1. The number of anilines is 2. The standard InChI is InChI=1S/C25H22F3N3O5S/c1-2-37(35,36)30-21-13-19(4-6-22(21)32)31-8-7-15-9-14(3-5-20(15)24(31)34)16-10-17(23(29)33)12-18(11-16)25(26,27)28/h3-6,9-13,30,32H,2,7-8H2,1H3,(H2,29,33). The second-order valence-corrected chi connectivity index (χ2v) is 10.5. The molecule has 2 amide bonds. The molecule has 0 saturated carbocycles. The smallest absolute Gasteiger partial charge is 0.416 e. The van der Waals surface area contributed by atoms with Crippen molar-refractivity contribution in [2.24, 2.45) is 5.73 Å². The van der Waals surface area contributed by atoms with Crippen LogP contribution in [0.2, 0.25) is 0 Å². The number of phenols is 1. The maximum absolute atomic E-state index is 13.4. The number of alkyl halides is 3. The van der Waals surface area contributed by atoms with Gasteiger partial charge in [-0.1, -0.05) is 12.1 Å². The summed E-state index contributed by atoms with van der Waals surface area (Å²) in [5.41, 5.74) is 5.65. The Morgan fingerprint density at radius 2 is 1.81 bits per heavy atom. The molecule has 3 aromatic carbocycles. The van der Waals surface area contributed by atoms with Crippen molar-refractivity contribution in [3.8, 4) is 16.9 Å². The van der Waals surface area contributed by atoms with Gasteiger partial charge in [-0.3, -0.25) is 14.3 Å². The molecule has 37 heavy (non-hydrogen) atoms. The van der Waals surface area contributed by atoms with Crippen LogP contribution in [0.3, 0.4) is 0 Å². The van der Waals surface area contributed by atoms with Gasteiger partial charge in [0.25, 0.3) is 5.91 Å². The Bertz CT molecular complexity index is 1520. The predicted octanol–water partition coefficient (Wildman–Crippen LogP) is 4.14. The predicted molar refractivity (Wildman–Crippen MR) is 132 cm³/mol. The number of amides is 2. The molecule has 0 bridgehead atoms. The number of halogens is 3. The summed E-state index contributed by atoms with van der Waals surface area (Å²) >= 11 is 0. The number of nitrogens with two attached hydrogens (primary N) is 1. The molecule has 8 nitrogen and oxygen atoms in total. The summed E-state index contributed by atoms with van der Waals surface area (Å²) in [5.74, 6) is -1.90. The van der Waals surface area contributed by atoms with Gasteiger partial charge in [0.15, 0.2) is 0 Å². The third-order valence-electron chi connectivity index (χ3n) is 6.00. The number of rotatable bonds is 6. The van der Waals surface area contributed by atoms with Gasteiger partial charge in [0, 0.05) is 23.4 Å². The van der Waals surface area contributed by atoms with Gasteiger partial charge in [0.1, 0.15) is 5.75 Å². The third-order valence-corrected chi connectivity index (χ3v) is 7.29. The molecule has 3 aromatic rings. The second-order valence-electron chi connectivity index (χ2n) is 8.45. The van der Waals surface area contributed by atoms with E-state index >= 15 is 0 Å². The number of phenolic OH excluding ortho intramolecular Hbond substituents is 1. The molecule has 1 heterocycles. The van der Waals surface area contributed by atoms with Crippen LogP contribution in [-0.4, -0.2) is 37.6 Å². The minimum Gasteiger partial charge on any atom is -0.506 e. The molecule has 0 spiro atoms. The van der Waals surface area contributed by atoms with Crippen LogP contribution in [-0.2, 0) is 22.6 Å². The largest absolute Gasteiger partial charge is 0.506 e. The average Bonchev–Trinajstić information content (AvgIpc) is 2.84. The number of hydrogen-bond donors (Lipinski definition) is 3. The number of primary amides is 1. The van der Waals surface area contributed by atoms with E-state index in [-0.39, 0.29) is 34.9 Å². The molecule has 0 fully saturated rings. The zero-order valence-corrected chi connectivity index (χ0v) is 20.3. The molecule has 0 aliphatic carbocycles. The van der Waals surface area contributed by atoms with Crippen molar-refractivity contribution in [3.05, 3.63) is 76.9 Å². The van der Waals surface area contributed by atoms with Gasteiger partial charge >= 0.3 is 6.18 Å². The van der Waals surface area contributed by atoms with Gasteiger partial charge in [-0.15, -0.1) is 0 Å². The summed E-state index contributed by atoms with van der Waals surface area (Å²) < 4.78 is 66.2. The molecule has 12 heteroatoms. The highest BCUT2D eigenvalue weighted by atomic mass is 32.2. The lowest BCUT2D eigenvalue weighted by Crippen LogP contribution is -2.37. The minimum atomic E-state index is -4.68. The summed E-state index contributed by atoms with van der Waals surface area (Å²) in [6.07, 6.45) is -4.33. The zero-order chi connectivity index (χ0) is 27.1. The number of aromatic hydroxyl groups is 1. The van der Waals surface area contributed by atoms with E-state index in [0.29, 0.717) is 34.9 Å². The van der Waals surface area contributed by atoms with Gasteiger partial charge in [0.05, 0.1) is 17.0 Å². The maximum atomic E-state index is 13.4. The topological polar surface area (TPSA) is 130 Å². The number of nitrogens with one attached hydrogen (secondary N) is 1. The number of benzene rings is 3. The number of carbonyl (C=O) groups is 2. The highest BCUT2D eigenvalue weighted by molar-refractivity contribution is 7.92. The second kappa shape index (κ2) is 9.43. The van der Waals surface area contributed by atoms with E-state index in [1.807, 2.05) is 0 Å². The number of sulfonamides is 1. The SMILES string of the molecule is CCS(=O)(=O)Nc1cc(N2CCc3cc(-c4cc(C(N)=O)cc(C(F)(F)F)c4)ccc3C2=O)ccc1O. The van der Waals surface area contributed by atoms with Crippen LogP contribution in [0.1, 0.15) is 38.8 Å². The Morgan fingerprint density at radius 1 is 1.08 bits per heavy atom. The van der Waals surface area contributed by atoms with Crippen LogP contribution in [0.5, 0.6) is 5.75 Å². The Balaban J connectivity index is 1.68. The van der Waals surface area contributed by atoms with Crippen molar-refractivity contribution in [2.45, 2.75) is 19.5 Å². The van der Waals surface area contributed by atoms with Crippen molar-refractivity contribution >= 4 is 33.2 Å². The van der Waals surface area contributed by atoms with Gasteiger partial charge in [0.2, 0.25) is 15.9 Å². The van der Waals surface area contributed by atoms with E-state index in [1.165, 1.54) is 48.2 Å². The highest BCUT2D eigenvalue weighted by Crippen LogP contribution is 2.36. The lowest BCUT2D eigenvalue weighted by Gasteiger charge is -2.29. The van der Waals surface area contributed by atoms with Gasteiger partial charge in [-0.2, -0.15) is 13.2 Å². The molecule has 0 radical (unpaired) electrons. The summed E-state index contributed by atoms with van der Waals surface area (Å²) in [4.78, 5) is 26.3. The normalized spacial score (nSPS) is 13.8. The molecule has 0 atom stereocenters. The molecule has 1 aliphatic heterocycles. The fourth-order valence-electron chi connectivity index (χ4n) is 4.03. The van der Waals surface area contributed by atoms with E-state index in [0.717, 1.165) is 6.07 Å². The van der Waals surface area contributed by atoms with Crippen molar-refractivity contribution in [1.82, 2.24) is 0 Å². The molecule has 0 saturated heterocycles. The number of carbonyl (C=O) groups excluding carboxylic acids is 2. The lowest BCUT2D eigenvalue weighted by atomic mass is 9.92. The number of hydrogen-bond acceptors (Lipinski definition) is 5. The van der Waals surface area contributed by atoms with E-state index in [1.54, 1.807) is 6.07 Å². The first-order chi connectivity index (χ1) is 17.3. The van der Waals surface area contributed by atoms with Crippen LogP contribution in [0, 0.1) is 0 Å². The van der Waals surface area contributed by atoms with E-state index in [4.69, 9.17) is 5.73 Å². The lowest BCUT2D eigenvalue weighted by molar-refractivity contribution is -0.137. The van der Waals surface area contributed by atoms with Crippen molar-refractivity contribution < 1.29 is 36.3 Å². The highest BCUT2D eigenvalue weighted by Gasteiger charge is 2.32. The minimum absolute atomic E-state index is 0.0666. The first-order valence-corrected chi connectivity index (χ1v) is 12.7. The van der Waals surface area contributed by atoms with E-state index < -0.39 is 33.6 Å². The number of fused-ring (bicyclic) bond motifs is 1. The summed E-state index contributed by atoms with van der Waals surface area (Å²) in [6.45, 7) is 1.64. The average molecular weight is 534 g/mol. The van der Waals surface area contributed by atoms with Crippen LogP contribution < -0.4 is 15.4 Å². The maximum Gasteiger partial charge on any atom is 0.416 e. The first-order valence-electron chi connectivity index (χ1n) is 11.1. The van der Waals surface area contributed by atoms with Crippen molar-refractivity contribution in [3.63, 3.8) is 0 Å². The van der Waals surface area contributed by atoms with Crippen molar-refractivity contribution in [1.29, 1.82) is 0 Å². The van der Waals surface area contributed by atoms with E-state index in [2.05, 4.69) is 4.72 Å². The van der Waals surface area contributed by atoms with Crippen LogP contribution in [0.25, 0.3) is 11.1 Å². The molecule has 1 aliphatic rings. The molecule has 4 rings (SSSR count).